The molecular formula is C14H20N2O2. The number of carbonyl (C=O) groups is 1. The highest BCUT2D eigenvalue weighted by Gasteiger charge is 2.27. The fraction of sp³-hybridized carbons (Fsp3) is 0.500. The fourth-order valence-corrected chi connectivity index (χ4v) is 2.35. The van der Waals surface area contributed by atoms with E-state index in [9.17, 15) is 9.90 Å². The minimum atomic E-state index is -0.0813. The SMILES string of the molecule is CC1CCN(C(=O)c2cc(O)ccc2N)CC1C. The van der Waals surface area contributed by atoms with Crippen molar-refractivity contribution in [3.05, 3.63) is 23.8 Å². The van der Waals surface area contributed by atoms with Crippen LogP contribution in [0, 0.1) is 11.8 Å². The number of nitrogens with two attached hydrogens (primary N) is 1. The maximum Gasteiger partial charge on any atom is 0.256 e. The highest BCUT2D eigenvalue weighted by atomic mass is 16.3. The molecule has 1 fully saturated rings. The second-order valence-electron chi connectivity index (χ2n) is 5.27. The molecule has 1 aliphatic rings. The van der Waals surface area contributed by atoms with Crippen LogP contribution in [0.2, 0.25) is 0 Å². The molecule has 0 bridgehead atoms. The first-order chi connectivity index (χ1) is 8.49. The first-order valence-corrected chi connectivity index (χ1v) is 6.37. The van der Waals surface area contributed by atoms with E-state index in [0.29, 0.717) is 23.1 Å². The summed E-state index contributed by atoms with van der Waals surface area (Å²) in [7, 11) is 0. The summed E-state index contributed by atoms with van der Waals surface area (Å²) in [6.45, 7) is 5.90. The van der Waals surface area contributed by atoms with Crippen molar-refractivity contribution in [2.45, 2.75) is 20.3 Å². The summed E-state index contributed by atoms with van der Waals surface area (Å²) in [5.41, 5.74) is 6.62. The van der Waals surface area contributed by atoms with Crippen molar-refractivity contribution in [2.24, 2.45) is 11.8 Å². The Hall–Kier alpha value is -1.71. The number of aromatic hydroxyl groups is 1. The van der Waals surface area contributed by atoms with Crippen molar-refractivity contribution in [3.8, 4) is 5.75 Å². The number of nitrogen functional groups attached to an aromatic ring is 1. The van der Waals surface area contributed by atoms with Crippen LogP contribution in [0.25, 0.3) is 0 Å². The zero-order chi connectivity index (χ0) is 13.3. The molecule has 0 aromatic heterocycles. The van der Waals surface area contributed by atoms with Crippen LogP contribution in [-0.4, -0.2) is 29.0 Å². The molecule has 1 aromatic carbocycles. The van der Waals surface area contributed by atoms with Gasteiger partial charge in [-0.1, -0.05) is 13.8 Å². The van der Waals surface area contributed by atoms with Gasteiger partial charge in [-0.25, -0.2) is 0 Å². The van der Waals surface area contributed by atoms with E-state index in [1.807, 2.05) is 4.90 Å². The van der Waals surface area contributed by atoms with Crippen molar-refractivity contribution in [1.82, 2.24) is 4.90 Å². The number of piperidine rings is 1. The lowest BCUT2D eigenvalue weighted by molar-refractivity contribution is 0.0628. The van der Waals surface area contributed by atoms with Crippen molar-refractivity contribution < 1.29 is 9.90 Å². The number of benzene rings is 1. The molecule has 18 heavy (non-hydrogen) atoms. The van der Waals surface area contributed by atoms with Gasteiger partial charge in [-0.3, -0.25) is 4.79 Å². The smallest absolute Gasteiger partial charge is 0.256 e. The lowest BCUT2D eigenvalue weighted by Crippen LogP contribution is -2.42. The maximum absolute atomic E-state index is 12.4. The van der Waals surface area contributed by atoms with E-state index < -0.39 is 0 Å². The quantitative estimate of drug-likeness (QED) is 0.590. The second-order valence-corrected chi connectivity index (χ2v) is 5.27. The summed E-state index contributed by atoms with van der Waals surface area (Å²) in [5.74, 6) is 1.14. The number of amides is 1. The van der Waals surface area contributed by atoms with Gasteiger partial charge in [0.2, 0.25) is 0 Å². The number of anilines is 1. The normalized spacial score (nSPS) is 24.0. The van der Waals surface area contributed by atoms with E-state index in [2.05, 4.69) is 13.8 Å². The third kappa shape index (κ3) is 2.42. The molecule has 1 saturated heterocycles. The molecule has 0 radical (unpaired) electrons. The van der Waals surface area contributed by atoms with Crippen LogP contribution in [0.3, 0.4) is 0 Å². The Balaban J connectivity index is 2.19. The van der Waals surface area contributed by atoms with Crippen LogP contribution >= 0.6 is 0 Å². The van der Waals surface area contributed by atoms with Crippen molar-refractivity contribution in [3.63, 3.8) is 0 Å². The van der Waals surface area contributed by atoms with Crippen LogP contribution in [0.1, 0.15) is 30.6 Å². The average molecular weight is 248 g/mol. The molecule has 1 heterocycles. The molecule has 0 saturated carbocycles. The van der Waals surface area contributed by atoms with Crippen LogP contribution in [0.15, 0.2) is 18.2 Å². The fourth-order valence-electron chi connectivity index (χ4n) is 2.35. The van der Waals surface area contributed by atoms with Gasteiger partial charge in [0.05, 0.1) is 5.56 Å². The van der Waals surface area contributed by atoms with Crippen LogP contribution in [-0.2, 0) is 0 Å². The zero-order valence-corrected chi connectivity index (χ0v) is 10.9. The molecule has 0 spiro atoms. The molecule has 1 aromatic rings. The van der Waals surface area contributed by atoms with E-state index in [0.717, 1.165) is 19.5 Å². The largest absolute Gasteiger partial charge is 0.508 e. The molecule has 4 heteroatoms. The summed E-state index contributed by atoms with van der Waals surface area (Å²) < 4.78 is 0. The first kappa shape index (κ1) is 12.7. The van der Waals surface area contributed by atoms with E-state index >= 15 is 0 Å². The van der Waals surface area contributed by atoms with Gasteiger partial charge in [0.15, 0.2) is 0 Å². The Bertz CT molecular complexity index is 459. The Morgan fingerprint density at radius 3 is 2.78 bits per heavy atom. The number of phenolic OH excluding ortho intramolecular Hbond substituents is 1. The Labute approximate surface area is 107 Å². The number of carbonyl (C=O) groups excluding carboxylic acids is 1. The molecule has 98 valence electrons. The minimum Gasteiger partial charge on any atom is -0.508 e. The second kappa shape index (κ2) is 4.88. The van der Waals surface area contributed by atoms with Gasteiger partial charge in [-0.15, -0.1) is 0 Å². The topological polar surface area (TPSA) is 66.6 Å². The third-order valence-corrected chi connectivity index (χ3v) is 3.89. The number of hydrogen-bond donors (Lipinski definition) is 2. The number of likely N-dealkylation sites (tertiary alicyclic amines) is 1. The highest BCUT2D eigenvalue weighted by molar-refractivity contribution is 5.99. The summed E-state index contributed by atoms with van der Waals surface area (Å²) in [5, 5.41) is 9.45. The minimum absolute atomic E-state index is 0.0750. The van der Waals surface area contributed by atoms with E-state index in [-0.39, 0.29) is 11.7 Å². The van der Waals surface area contributed by atoms with Gasteiger partial charge in [-0.2, -0.15) is 0 Å². The van der Waals surface area contributed by atoms with Gasteiger partial charge in [-0.05, 0) is 36.5 Å². The summed E-state index contributed by atoms with van der Waals surface area (Å²) in [6, 6.07) is 4.51. The maximum atomic E-state index is 12.4. The van der Waals surface area contributed by atoms with E-state index in [1.54, 1.807) is 6.07 Å². The van der Waals surface area contributed by atoms with Gasteiger partial charge in [0.25, 0.3) is 5.91 Å². The van der Waals surface area contributed by atoms with Crippen molar-refractivity contribution in [1.29, 1.82) is 0 Å². The third-order valence-electron chi connectivity index (χ3n) is 3.89. The molecule has 1 amide bonds. The first-order valence-electron chi connectivity index (χ1n) is 6.37. The van der Waals surface area contributed by atoms with Crippen LogP contribution < -0.4 is 5.73 Å². The highest BCUT2D eigenvalue weighted by Crippen LogP contribution is 2.26. The van der Waals surface area contributed by atoms with Crippen molar-refractivity contribution >= 4 is 11.6 Å². The molecule has 1 aliphatic heterocycles. The summed E-state index contributed by atoms with van der Waals surface area (Å²) in [6.07, 6.45) is 1.02. The predicted octanol–water partition coefficient (Wildman–Crippen LogP) is 2.09. The van der Waals surface area contributed by atoms with Gasteiger partial charge in [0, 0.05) is 18.8 Å². The Morgan fingerprint density at radius 1 is 1.39 bits per heavy atom. The van der Waals surface area contributed by atoms with E-state index in [1.165, 1.54) is 12.1 Å². The number of nitrogens with zero attached hydrogens (tertiary/aromatic N) is 1. The molecular weight excluding hydrogens is 228 g/mol. The monoisotopic (exact) mass is 248 g/mol. The van der Waals surface area contributed by atoms with Gasteiger partial charge in [0.1, 0.15) is 5.75 Å². The molecule has 3 N–H and O–H groups in total. The summed E-state index contributed by atoms with van der Waals surface area (Å²) in [4.78, 5) is 14.2. The predicted molar refractivity (Wildman–Crippen MR) is 71.4 cm³/mol. The molecule has 4 nitrogen and oxygen atoms in total. The summed E-state index contributed by atoms with van der Waals surface area (Å²) >= 11 is 0. The van der Waals surface area contributed by atoms with Gasteiger partial charge >= 0.3 is 0 Å². The number of hydrogen-bond acceptors (Lipinski definition) is 3. The van der Waals surface area contributed by atoms with Crippen molar-refractivity contribution in [2.75, 3.05) is 18.8 Å². The molecule has 2 rings (SSSR count). The van der Waals surface area contributed by atoms with Gasteiger partial charge < -0.3 is 15.7 Å². The standard InChI is InChI=1S/C14H20N2O2/c1-9-5-6-16(8-10(9)2)14(18)12-7-11(17)3-4-13(12)15/h3-4,7,9-10,17H,5-6,8,15H2,1-2H3. The Morgan fingerprint density at radius 2 is 2.11 bits per heavy atom. The van der Waals surface area contributed by atoms with E-state index in [4.69, 9.17) is 5.73 Å². The molecule has 2 unspecified atom stereocenters. The zero-order valence-electron chi connectivity index (χ0n) is 10.9. The number of rotatable bonds is 1. The van der Waals surface area contributed by atoms with Crippen LogP contribution in [0.5, 0.6) is 5.75 Å². The average Bonchev–Trinajstić information content (AvgIpc) is 2.35. The molecule has 2 atom stereocenters. The lowest BCUT2D eigenvalue weighted by Gasteiger charge is -2.35. The molecule has 0 aliphatic carbocycles. The lowest BCUT2D eigenvalue weighted by atomic mass is 9.88. The Kier molecular flexibility index (Phi) is 3.45. The van der Waals surface area contributed by atoms with Crippen LogP contribution in [0.4, 0.5) is 5.69 Å². The number of phenols is 1.